The molecule has 1 saturated heterocycles. The van der Waals surface area contributed by atoms with Crippen LogP contribution >= 0.6 is 0 Å². The Labute approximate surface area is 117 Å². The van der Waals surface area contributed by atoms with Crippen LogP contribution < -0.4 is 5.32 Å². The molecular formula is C15H18F2N2O. The van der Waals surface area contributed by atoms with Gasteiger partial charge in [0.05, 0.1) is 6.54 Å². The van der Waals surface area contributed by atoms with Crippen molar-refractivity contribution >= 4 is 11.6 Å². The van der Waals surface area contributed by atoms with Gasteiger partial charge < -0.3 is 5.32 Å². The van der Waals surface area contributed by atoms with Gasteiger partial charge in [-0.15, -0.1) is 0 Å². The maximum atomic E-state index is 13.1. The number of anilines is 1. The highest BCUT2D eigenvalue weighted by molar-refractivity contribution is 5.92. The molecule has 108 valence electrons. The van der Waals surface area contributed by atoms with Crippen LogP contribution in [0.2, 0.25) is 0 Å². The number of fused-ring (bicyclic) bond motifs is 1. The number of carbonyl (C=O) groups excluding carboxylic acids is 1. The van der Waals surface area contributed by atoms with Gasteiger partial charge in [0.2, 0.25) is 5.91 Å². The third-order valence-electron chi connectivity index (χ3n) is 4.37. The van der Waals surface area contributed by atoms with Gasteiger partial charge in [-0.3, -0.25) is 9.69 Å². The number of likely N-dealkylation sites (tertiary alicyclic amines) is 1. The fraction of sp³-hybridized carbons (Fsp3) is 0.533. The summed E-state index contributed by atoms with van der Waals surface area (Å²) >= 11 is 0. The fourth-order valence-electron chi connectivity index (χ4n) is 3.44. The second kappa shape index (κ2) is 5.48. The van der Waals surface area contributed by atoms with E-state index in [1.807, 2.05) is 0 Å². The lowest BCUT2D eigenvalue weighted by Crippen LogP contribution is -2.32. The number of rotatable bonds is 3. The molecule has 2 fully saturated rings. The van der Waals surface area contributed by atoms with Crippen LogP contribution in [0.5, 0.6) is 0 Å². The van der Waals surface area contributed by atoms with Gasteiger partial charge in [0.25, 0.3) is 0 Å². The second-order valence-corrected chi connectivity index (χ2v) is 5.82. The van der Waals surface area contributed by atoms with Crippen molar-refractivity contribution in [3.63, 3.8) is 0 Å². The number of amides is 1. The fourth-order valence-corrected chi connectivity index (χ4v) is 3.44. The molecule has 0 aromatic heterocycles. The quantitative estimate of drug-likeness (QED) is 0.923. The van der Waals surface area contributed by atoms with Gasteiger partial charge in [-0.1, -0.05) is 6.42 Å². The predicted molar refractivity (Wildman–Crippen MR) is 72.3 cm³/mol. The minimum atomic E-state index is -0.946. The first-order chi connectivity index (χ1) is 9.61. The Bertz CT molecular complexity index is 509. The van der Waals surface area contributed by atoms with Crippen molar-refractivity contribution in [2.75, 3.05) is 25.0 Å². The standard InChI is InChI=1S/C15H18F2N2O/c16-13-5-4-12(6-14(13)17)18-15(20)9-19-7-10-2-1-3-11(10)8-19/h4-6,10-11H,1-3,7-9H2,(H,18,20). The predicted octanol–water partition coefficient (Wildman–Crippen LogP) is 2.64. The summed E-state index contributed by atoms with van der Waals surface area (Å²) in [6.07, 6.45) is 3.85. The minimum absolute atomic E-state index is 0.170. The smallest absolute Gasteiger partial charge is 0.238 e. The molecule has 0 spiro atoms. The number of hydrogen-bond acceptors (Lipinski definition) is 2. The molecule has 1 N–H and O–H groups in total. The molecule has 1 aromatic carbocycles. The Kier molecular flexibility index (Phi) is 3.70. The average Bonchev–Trinajstić information content (AvgIpc) is 2.94. The molecule has 2 atom stereocenters. The Hall–Kier alpha value is -1.49. The van der Waals surface area contributed by atoms with Gasteiger partial charge in [0.15, 0.2) is 11.6 Å². The van der Waals surface area contributed by atoms with Gasteiger partial charge in [0.1, 0.15) is 0 Å². The van der Waals surface area contributed by atoms with Crippen molar-refractivity contribution < 1.29 is 13.6 Å². The summed E-state index contributed by atoms with van der Waals surface area (Å²) in [6, 6.07) is 3.40. The highest BCUT2D eigenvalue weighted by Crippen LogP contribution is 2.37. The largest absolute Gasteiger partial charge is 0.325 e. The van der Waals surface area contributed by atoms with Gasteiger partial charge in [0, 0.05) is 24.8 Å². The molecule has 0 bridgehead atoms. The summed E-state index contributed by atoms with van der Waals surface area (Å²) in [7, 11) is 0. The van der Waals surface area contributed by atoms with E-state index in [0.717, 1.165) is 37.1 Å². The van der Waals surface area contributed by atoms with Crippen LogP contribution in [0.25, 0.3) is 0 Å². The zero-order chi connectivity index (χ0) is 14.1. The van der Waals surface area contributed by atoms with Crippen molar-refractivity contribution in [3.8, 4) is 0 Å². The van der Waals surface area contributed by atoms with Crippen molar-refractivity contribution in [2.45, 2.75) is 19.3 Å². The van der Waals surface area contributed by atoms with Gasteiger partial charge >= 0.3 is 0 Å². The summed E-state index contributed by atoms with van der Waals surface area (Å²) in [5.74, 6) is -0.540. The molecule has 1 saturated carbocycles. The Morgan fingerprint density at radius 1 is 1.20 bits per heavy atom. The topological polar surface area (TPSA) is 32.3 Å². The van der Waals surface area contributed by atoms with E-state index >= 15 is 0 Å². The Balaban J connectivity index is 1.53. The molecule has 3 rings (SSSR count). The summed E-state index contributed by atoms with van der Waals surface area (Å²) in [5, 5.41) is 2.62. The molecule has 2 aliphatic rings. The molecule has 1 aromatic rings. The third kappa shape index (κ3) is 2.82. The maximum absolute atomic E-state index is 13.1. The molecule has 3 nitrogen and oxygen atoms in total. The van der Waals surface area contributed by atoms with Crippen molar-refractivity contribution in [1.29, 1.82) is 0 Å². The normalized spacial score (nSPS) is 25.7. The average molecular weight is 280 g/mol. The van der Waals surface area contributed by atoms with Crippen molar-refractivity contribution in [3.05, 3.63) is 29.8 Å². The highest BCUT2D eigenvalue weighted by Gasteiger charge is 2.36. The minimum Gasteiger partial charge on any atom is -0.325 e. The van der Waals surface area contributed by atoms with Gasteiger partial charge in [-0.2, -0.15) is 0 Å². The lowest BCUT2D eigenvalue weighted by molar-refractivity contribution is -0.117. The Morgan fingerprint density at radius 3 is 2.55 bits per heavy atom. The van der Waals surface area contributed by atoms with Crippen LogP contribution in [0, 0.1) is 23.5 Å². The van der Waals surface area contributed by atoms with E-state index in [-0.39, 0.29) is 5.91 Å². The first-order valence-corrected chi connectivity index (χ1v) is 7.09. The number of hydrogen-bond donors (Lipinski definition) is 1. The molecule has 0 radical (unpaired) electrons. The maximum Gasteiger partial charge on any atom is 0.238 e. The lowest BCUT2D eigenvalue weighted by Gasteiger charge is -2.16. The molecule has 1 aliphatic carbocycles. The molecule has 1 amide bonds. The Morgan fingerprint density at radius 2 is 1.90 bits per heavy atom. The van der Waals surface area contributed by atoms with E-state index in [0.29, 0.717) is 12.2 Å². The van der Waals surface area contributed by atoms with Gasteiger partial charge in [-0.25, -0.2) is 8.78 Å². The van der Waals surface area contributed by atoms with Crippen LogP contribution in [0.4, 0.5) is 14.5 Å². The van der Waals surface area contributed by atoms with E-state index < -0.39 is 11.6 Å². The molecule has 20 heavy (non-hydrogen) atoms. The SMILES string of the molecule is O=C(CN1CC2CCCC2C1)Nc1ccc(F)c(F)c1. The molecular weight excluding hydrogens is 262 g/mol. The van der Waals surface area contributed by atoms with Crippen LogP contribution in [0.3, 0.4) is 0 Å². The summed E-state index contributed by atoms with van der Waals surface area (Å²) in [5.41, 5.74) is 0.299. The van der Waals surface area contributed by atoms with Crippen LogP contribution in [-0.2, 0) is 4.79 Å². The van der Waals surface area contributed by atoms with E-state index in [2.05, 4.69) is 10.2 Å². The number of nitrogens with zero attached hydrogens (tertiary/aromatic N) is 1. The molecule has 5 heteroatoms. The zero-order valence-electron chi connectivity index (χ0n) is 11.2. The van der Waals surface area contributed by atoms with Gasteiger partial charge in [-0.05, 0) is 36.8 Å². The highest BCUT2D eigenvalue weighted by atomic mass is 19.2. The molecule has 1 heterocycles. The summed E-state index contributed by atoms with van der Waals surface area (Å²) in [6.45, 7) is 2.29. The summed E-state index contributed by atoms with van der Waals surface area (Å²) < 4.78 is 25.9. The van der Waals surface area contributed by atoms with Crippen LogP contribution in [-0.4, -0.2) is 30.4 Å². The number of benzene rings is 1. The van der Waals surface area contributed by atoms with E-state index in [9.17, 15) is 13.6 Å². The van der Waals surface area contributed by atoms with Crippen LogP contribution in [0.15, 0.2) is 18.2 Å². The van der Waals surface area contributed by atoms with E-state index in [4.69, 9.17) is 0 Å². The molecule has 2 unspecified atom stereocenters. The van der Waals surface area contributed by atoms with Crippen molar-refractivity contribution in [2.24, 2.45) is 11.8 Å². The monoisotopic (exact) mass is 280 g/mol. The van der Waals surface area contributed by atoms with Crippen LogP contribution in [0.1, 0.15) is 19.3 Å². The van der Waals surface area contributed by atoms with Crippen molar-refractivity contribution in [1.82, 2.24) is 4.90 Å². The number of halogens is 2. The first-order valence-electron chi connectivity index (χ1n) is 7.09. The third-order valence-corrected chi connectivity index (χ3v) is 4.37. The van der Waals surface area contributed by atoms with E-state index in [1.54, 1.807) is 0 Å². The zero-order valence-corrected chi connectivity index (χ0v) is 11.2. The lowest BCUT2D eigenvalue weighted by atomic mass is 10.0. The number of nitrogens with one attached hydrogen (secondary N) is 1. The van der Waals surface area contributed by atoms with E-state index in [1.165, 1.54) is 25.3 Å². The second-order valence-electron chi connectivity index (χ2n) is 5.82. The number of carbonyl (C=O) groups is 1. The summed E-state index contributed by atoms with van der Waals surface area (Å²) in [4.78, 5) is 14.1. The molecule has 1 aliphatic heterocycles. The first kappa shape index (κ1) is 13.5.